The van der Waals surface area contributed by atoms with Crippen molar-refractivity contribution in [1.82, 2.24) is 0 Å². The third-order valence-electron chi connectivity index (χ3n) is 3.22. The minimum Gasteiger partial charge on any atom is -0.455 e. The zero-order chi connectivity index (χ0) is 14.8. The molecule has 1 unspecified atom stereocenters. The normalized spacial score (nSPS) is 26.8. The number of hydrogen-bond acceptors (Lipinski definition) is 5. The summed E-state index contributed by atoms with van der Waals surface area (Å²) in [4.78, 5) is 11.6. The molecule has 0 bridgehead atoms. The number of carbonyl (C=O) groups excluding carboxylic acids is 1. The van der Waals surface area contributed by atoms with Crippen LogP contribution in [-0.4, -0.2) is 36.3 Å². The zero-order valence-electron chi connectivity index (χ0n) is 10.4. The van der Waals surface area contributed by atoms with Crippen molar-refractivity contribution in [3.05, 3.63) is 0 Å². The summed E-state index contributed by atoms with van der Waals surface area (Å²) in [5.41, 5.74) is 5.64. The first-order valence-electron chi connectivity index (χ1n) is 5.86. The lowest BCUT2D eigenvalue weighted by molar-refractivity contribution is -0.165. The average Bonchev–Trinajstić information content (AvgIpc) is 2.28. The first-order valence-corrected chi connectivity index (χ1v) is 7.30. The Morgan fingerprint density at radius 2 is 1.84 bits per heavy atom. The lowest BCUT2D eigenvalue weighted by atomic mass is 9.86. The van der Waals surface area contributed by atoms with Crippen LogP contribution in [0.3, 0.4) is 0 Å². The SMILES string of the molecule is CC(OC(=O)C1CCC(N)CC1)C(F)(F)S(=O)(=O)O. The molecule has 9 heteroatoms. The van der Waals surface area contributed by atoms with Crippen molar-refractivity contribution in [3.8, 4) is 0 Å². The Balaban J connectivity index is 2.62. The Morgan fingerprint density at radius 3 is 2.26 bits per heavy atom. The van der Waals surface area contributed by atoms with Crippen LogP contribution in [0.15, 0.2) is 0 Å². The Hall–Kier alpha value is -0.800. The number of hydrogen-bond donors (Lipinski definition) is 2. The molecule has 0 radical (unpaired) electrons. The van der Waals surface area contributed by atoms with Gasteiger partial charge in [-0.15, -0.1) is 0 Å². The monoisotopic (exact) mass is 301 g/mol. The highest BCUT2D eigenvalue weighted by atomic mass is 32.2. The molecule has 6 nitrogen and oxygen atoms in total. The van der Waals surface area contributed by atoms with Crippen LogP contribution >= 0.6 is 0 Å². The van der Waals surface area contributed by atoms with Gasteiger partial charge in [0.25, 0.3) is 0 Å². The molecule has 0 aromatic rings. The number of rotatable bonds is 4. The molecule has 1 fully saturated rings. The molecule has 1 rings (SSSR count). The molecule has 0 saturated heterocycles. The summed E-state index contributed by atoms with van der Waals surface area (Å²) in [6.45, 7) is 0.722. The lowest BCUT2D eigenvalue weighted by Crippen LogP contribution is -2.43. The highest BCUT2D eigenvalue weighted by molar-refractivity contribution is 7.86. The summed E-state index contributed by atoms with van der Waals surface area (Å²) in [7, 11) is -5.62. The second kappa shape index (κ2) is 5.68. The minimum atomic E-state index is -5.62. The van der Waals surface area contributed by atoms with E-state index in [0.717, 1.165) is 6.92 Å². The van der Waals surface area contributed by atoms with Crippen LogP contribution in [0.5, 0.6) is 0 Å². The molecule has 0 aromatic heterocycles. The lowest BCUT2D eigenvalue weighted by Gasteiger charge is -2.27. The molecule has 19 heavy (non-hydrogen) atoms. The molecule has 1 aliphatic rings. The average molecular weight is 301 g/mol. The maximum Gasteiger partial charge on any atom is 0.405 e. The number of carbonyl (C=O) groups is 1. The summed E-state index contributed by atoms with van der Waals surface area (Å²) in [6.07, 6.45) is -0.231. The summed E-state index contributed by atoms with van der Waals surface area (Å²) in [6, 6.07) is -0.0132. The van der Waals surface area contributed by atoms with E-state index in [9.17, 15) is 22.0 Å². The van der Waals surface area contributed by atoms with E-state index in [-0.39, 0.29) is 6.04 Å². The minimum absolute atomic E-state index is 0.0132. The number of halogens is 2. The van der Waals surface area contributed by atoms with E-state index in [4.69, 9.17) is 10.3 Å². The van der Waals surface area contributed by atoms with E-state index < -0.39 is 33.4 Å². The molecule has 0 amide bonds. The van der Waals surface area contributed by atoms with Gasteiger partial charge in [0.1, 0.15) is 0 Å². The van der Waals surface area contributed by atoms with Crippen LogP contribution in [0.4, 0.5) is 8.78 Å². The zero-order valence-corrected chi connectivity index (χ0v) is 11.2. The highest BCUT2D eigenvalue weighted by Gasteiger charge is 2.52. The Labute approximate surface area is 110 Å². The van der Waals surface area contributed by atoms with E-state index in [2.05, 4.69) is 4.74 Å². The fraction of sp³-hybridized carbons (Fsp3) is 0.900. The summed E-state index contributed by atoms with van der Waals surface area (Å²) in [5, 5.41) is -4.52. The summed E-state index contributed by atoms with van der Waals surface area (Å²) < 4.78 is 60.2. The molecule has 112 valence electrons. The molecule has 0 heterocycles. The van der Waals surface area contributed by atoms with Gasteiger partial charge in [0.15, 0.2) is 6.10 Å². The van der Waals surface area contributed by atoms with Crippen LogP contribution in [0.1, 0.15) is 32.6 Å². The third-order valence-corrected chi connectivity index (χ3v) is 4.24. The van der Waals surface area contributed by atoms with Gasteiger partial charge in [-0.1, -0.05) is 0 Å². The molecule has 0 spiro atoms. The van der Waals surface area contributed by atoms with Crippen LogP contribution in [0.2, 0.25) is 0 Å². The van der Waals surface area contributed by atoms with Gasteiger partial charge in [0, 0.05) is 6.04 Å². The fourth-order valence-electron chi connectivity index (χ4n) is 1.90. The predicted octanol–water partition coefficient (Wildman–Crippen LogP) is 0.916. The van der Waals surface area contributed by atoms with Crippen molar-refractivity contribution in [2.24, 2.45) is 11.7 Å². The van der Waals surface area contributed by atoms with E-state index in [0.29, 0.717) is 25.7 Å². The van der Waals surface area contributed by atoms with Gasteiger partial charge < -0.3 is 10.5 Å². The molecule has 0 aliphatic heterocycles. The van der Waals surface area contributed by atoms with Crippen LogP contribution in [0.25, 0.3) is 0 Å². The first kappa shape index (κ1) is 16.3. The van der Waals surface area contributed by atoms with Gasteiger partial charge in [-0.3, -0.25) is 9.35 Å². The van der Waals surface area contributed by atoms with E-state index in [1.807, 2.05) is 0 Å². The largest absolute Gasteiger partial charge is 0.455 e. The van der Waals surface area contributed by atoms with Crippen molar-refractivity contribution >= 4 is 16.1 Å². The van der Waals surface area contributed by atoms with Crippen LogP contribution < -0.4 is 5.73 Å². The topological polar surface area (TPSA) is 107 Å². The molecule has 1 atom stereocenters. The van der Waals surface area contributed by atoms with Crippen LogP contribution in [0, 0.1) is 5.92 Å². The second-order valence-corrected chi connectivity index (χ2v) is 6.22. The Kier molecular flexibility index (Phi) is 4.86. The third kappa shape index (κ3) is 3.83. The maximum absolute atomic E-state index is 13.2. The van der Waals surface area contributed by atoms with Crippen LogP contribution in [-0.2, 0) is 19.6 Å². The van der Waals surface area contributed by atoms with Gasteiger partial charge in [-0.05, 0) is 32.6 Å². The maximum atomic E-state index is 13.2. The van der Waals surface area contributed by atoms with Crippen molar-refractivity contribution in [1.29, 1.82) is 0 Å². The molecule has 3 N–H and O–H groups in total. The number of ether oxygens (including phenoxy) is 1. The van der Waals surface area contributed by atoms with Gasteiger partial charge in [0.05, 0.1) is 5.92 Å². The van der Waals surface area contributed by atoms with E-state index in [1.165, 1.54) is 0 Å². The summed E-state index contributed by atoms with van der Waals surface area (Å²) in [5.74, 6) is -1.44. The molecule has 1 aliphatic carbocycles. The van der Waals surface area contributed by atoms with Crippen molar-refractivity contribution in [2.45, 2.75) is 50.0 Å². The molecular formula is C10H17F2NO5S. The smallest absolute Gasteiger partial charge is 0.405 e. The standard InChI is InChI=1S/C10H17F2NO5S/c1-6(10(11,12)19(15,16)17)18-9(14)7-2-4-8(13)5-3-7/h6-8H,2-5,13H2,1H3,(H,15,16,17). The van der Waals surface area contributed by atoms with Gasteiger partial charge >= 0.3 is 21.3 Å². The first-order chi connectivity index (χ1) is 8.55. The highest BCUT2D eigenvalue weighted by Crippen LogP contribution is 2.30. The molecular weight excluding hydrogens is 284 g/mol. The Bertz CT molecular complexity index is 431. The number of alkyl halides is 2. The van der Waals surface area contributed by atoms with E-state index in [1.54, 1.807) is 0 Å². The Morgan fingerprint density at radius 1 is 1.37 bits per heavy atom. The fourth-order valence-corrected chi connectivity index (χ4v) is 2.37. The number of esters is 1. The molecule has 1 saturated carbocycles. The predicted molar refractivity (Wildman–Crippen MR) is 62.0 cm³/mol. The van der Waals surface area contributed by atoms with Crippen molar-refractivity contribution in [3.63, 3.8) is 0 Å². The van der Waals surface area contributed by atoms with Crippen molar-refractivity contribution in [2.75, 3.05) is 0 Å². The van der Waals surface area contributed by atoms with Gasteiger partial charge in [-0.25, -0.2) is 0 Å². The van der Waals surface area contributed by atoms with Crippen molar-refractivity contribution < 1.29 is 31.3 Å². The van der Waals surface area contributed by atoms with E-state index >= 15 is 0 Å². The van der Waals surface area contributed by atoms with Gasteiger partial charge in [0.2, 0.25) is 0 Å². The second-order valence-electron chi connectivity index (χ2n) is 4.73. The van der Waals surface area contributed by atoms with Gasteiger partial charge in [-0.2, -0.15) is 17.2 Å². The number of nitrogens with two attached hydrogens (primary N) is 1. The summed E-state index contributed by atoms with van der Waals surface area (Å²) >= 11 is 0. The quantitative estimate of drug-likeness (QED) is 0.590. The molecule has 0 aromatic carbocycles.